The lowest BCUT2D eigenvalue weighted by molar-refractivity contribution is 0.408. The number of hydrogen-bond acceptors (Lipinski definition) is 4. The summed E-state index contributed by atoms with van der Waals surface area (Å²) in [7, 11) is -2.12. The van der Waals surface area contributed by atoms with E-state index in [9.17, 15) is 8.42 Å². The molecule has 0 aliphatic heterocycles. The molecular weight excluding hydrogens is 310 g/mol. The molecule has 0 spiro atoms. The van der Waals surface area contributed by atoms with Crippen LogP contribution in [-0.2, 0) is 9.84 Å². The summed E-state index contributed by atoms with van der Waals surface area (Å²) in [6.07, 6.45) is 0. The second-order valence-electron chi connectivity index (χ2n) is 4.47. The van der Waals surface area contributed by atoms with Gasteiger partial charge in [0.15, 0.2) is 9.84 Å². The Labute approximate surface area is 129 Å². The fraction of sp³-hybridized carbons (Fsp3) is 0.200. The molecule has 2 N–H and O–H groups in total. The summed E-state index contributed by atoms with van der Waals surface area (Å²) in [4.78, 5) is 0.188. The Morgan fingerprint density at radius 1 is 1.14 bits per heavy atom. The molecule has 0 aliphatic rings. The Bertz CT molecular complexity index is 714. The molecule has 0 heterocycles. The van der Waals surface area contributed by atoms with Crippen molar-refractivity contribution in [2.24, 2.45) is 5.73 Å². The summed E-state index contributed by atoms with van der Waals surface area (Å²) in [5, 5.41) is -0.384. The van der Waals surface area contributed by atoms with E-state index < -0.39 is 15.1 Å². The lowest BCUT2D eigenvalue weighted by atomic mass is 10.1. The summed E-state index contributed by atoms with van der Waals surface area (Å²) in [5.74, 6) is 0.505. The normalized spacial score (nSPS) is 12.9. The van der Waals surface area contributed by atoms with Crippen LogP contribution >= 0.6 is 11.6 Å². The predicted molar refractivity (Wildman–Crippen MR) is 83.4 cm³/mol. The molecule has 0 unspecified atom stereocenters. The molecule has 1 atom stereocenters. The van der Waals surface area contributed by atoms with Gasteiger partial charge in [0.2, 0.25) is 0 Å². The minimum Gasteiger partial charge on any atom is -0.496 e. The molecule has 2 aromatic carbocycles. The van der Waals surface area contributed by atoms with Crippen LogP contribution in [0.25, 0.3) is 0 Å². The van der Waals surface area contributed by atoms with E-state index in [0.717, 1.165) is 0 Å². The first-order valence-electron chi connectivity index (χ1n) is 6.33. The average molecular weight is 326 g/mol. The standard InChI is InChI=1S/C15H16ClNO3S/c1-20-14-5-3-2-4-13(14)15(10-17)21(18,19)12-8-6-11(16)7-9-12/h2-9,15H,10,17H2,1H3/t15-/m1/s1. The number of benzene rings is 2. The summed E-state index contributed by atoms with van der Waals surface area (Å²) >= 11 is 5.80. The zero-order chi connectivity index (χ0) is 15.5. The lowest BCUT2D eigenvalue weighted by Gasteiger charge is -2.19. The minimum atomic E-state index is -3.62. The van der Waals surface area contributed by atoms with E-state index in [1.165, 1.54) is 19.2 Å². The molecule has 2 rings (SSSR count). The van der Waals surface area contributed by atoms with Crippen LogP contribution in [0.4, 0.5) is 0 Å². The predicted octanol–water partition coefficient (Wildman–Crippen LogP) is 2.82. The molecule has 0 aromatic heterocycles. The van der Waals surface area contributed by atoms with Crippen LogP contribution in [0.1, 0.15) is 10.8 Å². The van der Waals surface area contributed by atoms with E-state index in [2.05, 4.69) is 0 Å². The molecule has 6 heteroatoms. The number of methoxy groups -OCH3 is 1. The maximum absolute atomic E-state index is 12.8. The van der Waals surface area contributed by atoms with Gasteiger partial charge in [0, 0.05) is 17.1 Å². The van der Waals surface area contributed by atoms with Crippen molar-refractivity contribution in [3.05, 3.63) is 59.1 Å². The summed E-state index contributed by atoms with van der Waals surface area (Å²) in [6.45, 7) is -0.0364. The van der Waals surface area contributed by atoms with Crippen LogP contribution in [0.5, 0.6) is 5.75 Å². The average Bonchev–Trinajstić information content (AvgIpc) is 2.48. The number of hydrogen-bond donors (Lipinski definition) is 1. The van der Waals surface area contributed by atoms with Gasteiger partial charge in [-0.2, -0.15) is 0 Å². The maximum Gasteiger partial charge on any atom is 0.186 e. The van der Waals surface area contributed by atoms with Gasteiger partial charge in [-0.1, -0.05) is 29.8 Å². The van der Waals surface area contributed by atoms with Crippen LogP contribution in [0.3, 0.4) is 0 Å². The molecular formula is C15H16ClNO3S. The van der Waals surface area contributed by atoms with Gasteiger partial charge >= 0.3 is 0 Å². The Morgan fingerprint density at radius 2 is 1.76 bits per heavy atom. The first-order chi connectivity index (χ1) is 10.0. The van der Waals surface area contributed by atoms with Crippen LogP contribution in [-0.4, -0.2) is 22.1 Å². The molecule has 0 aliphatic carbocycles. The summed E-state index contributed by atoms with van der Waals surface area (Å²) in [5.41, 5.74) is 6.27. The zero-order valence-electron chi connectivity index (χ0n) is 11.5. The number of nitrogens with two attached hydrogens (primary N) is 1. The summed E-state index contributed by atoms with van der Waals surface area (Å²) < 4.78 is 30.8. The highest BCUT2D eigenvalue weighted by atomic mass is 35.5. The van der Waals surface area contributed by atoms with Gasteiger partial charge in [-0.3, -0.25) is 0 Å². The number of rotatable bonds is 5. The van der Waals surface area contributed by atoms with E-state index in [1.807, 2.05) is 0 Å². The van der Waals surface area contributed by atoms with Crippen molar-refractivity contribution in [2.45, 2.75) is 10.1 Å². The van der Waals surface area contributed by atoms with Gasteiger partial charge in [0.05, 0.1) is 12.0 Å². The smallest absolute Gasteiger partial charge is 0.186 e. The fourth-order valence-corrected chi connectivity index (χ4v) is 3.89. The third-order valence-electron chi connectivity index (χ3n) is 3.22. The largest absolute Gasteiger partial charge is 0.496 e. The van der Waals surface area contributed by atoms with Crippen molar-refractivity contribution in [3.8, 4) is 5.75 Å². The number of sulfone groups is 1. The molecule has 2 aromatic rings. The lowest BCUT2D eigenvalue weighted by Crippen LogP contribution is -2.22. The molecule has 0 fully saturated rings. The monoisotopic (exact) mass is 325 g/mol. The van der Waals surface area contributed by atoms with Gasteiger partial charge < -0.3 is 10.5 Å². The summed E-state index contributed by atoms with van der Waals surface area (Å²) in [6, 6.07) is 13.0. The first-order valence-corrected chi connectivity index (χ1v) is 8.25. The van der Waals surface area contributed by atoms with Crippen molar-refractivity contribution >= 4 is 21.4 Å². The van der Waals surface area contributed by atoms with E-state index in [0.29, 0.717) is 16.3 Å². The second-order valence-corrected chi connectivity index (χ2v) is 7.03. The van der Waals surface area contributed by atoms with Crippen LogP contribution in [0.15, 0.2) is 53.4 Å². The fourth-order valence-electron chi connectivity index (χ4n) is 2.14. The quantitative estimate of drug-likeness (QED) is 0.917. The third kappa shape index (κ3) is 3.20. The Balaban J connectivity index is 2.52. The molecule has 0 bridgehead atoms. The minimum absolute atomic E-state index is 0.0364. The van der Waals surface area contributed by atoms with Gasteiger partial charge in [0.25, 0.3) is 0 Å². The number of para-hydroxylation sites is 1. The van der Waals surface area contributed by atoms with Gasteiger partial charge in [0.1, 0.15) is 11.0 Å². The Morgan fingerprint density at radius 3 is 2.33 bits per heavy atom. The first kappa shape index (κ1) is 15.8. The number of ether oxygens (including phenoxy) is 1. The van der Waals surface area contributed by atoms with Crippen LogP contribution < -0.4 is 10.5 Å². The highest BCUT2D eigenvalue weighted by Gasteiger charge is 2.30. The molecule has 4 nitrogen and oxygen atoms in total. The van der Waals surface area contributed by atoms with Crippen molar-refractivity contribution in [3.63, 3.8) is 0 Å². The van der Waals surface area contributed by atoms with E-state index in [-0.39, 0.29) is 11.4 Å². The Kier molecular flexibility index (Phi) is 4.88. The van der Waals surface area contributed by atoms with Crippen molar-refractivity contribution in [1.82, 2.24) is 0 Å². The van der Waals surface area contributed by atoms with Gasteiger partial charge in [-0.25, -0.2) is 8.42 Å². The topological polar surface area (TPSA) is 69.4 Å². The van der Waals surface area contributed by atoms with Crippen molar-refractivity contribution in [2.75, 3.05) is 13.7 Å². The van der Waals surface area contributed by atoms with E-state index in [1.54, 1.807) is 36.4 Å². The SMILES string of the molecule is COc1ccccc1[C@@H](CN)S(=O)(=O)c1ccc(Cl)cc1. The highest BCUT2D eigenvalue weighted by molar-refractivity contribution is 7.91. The highest BCUT2D eigenvalue weighted by Crippen LogP contribution is 2.34. The van der Waals surface area contributed by atoms with Gasteiger partial charge in [-0.05, 0) is 30.3 Å². The van der Waals surface area contributed by atoms with E-state index in [4.69, 9.17) is 22.1 Å². The zero-order valence-corrected chi connectivity index (χ0v) is 13.1. The Hall–Kier alpha value is -1.56. The molecule has 112 valence electrons. The molecule has 0 amide bonds. The van der Waals surface area contributed by atoms with Gasteiger partial charge in [-0.15, -0.1) is 0 Å². The van der Waals surface area contributed by atoms with Crippen molar-refractivity contribution in [1.29, 1.82) is 0 Å². The third-order valence-corrected chi connectivity index (χ3v) is 5.59. The molecule has 21 heavy (non-hydrogen) atoms. The number of halogens is 1. The molecule has 0 saturated carbocycles. The maximum atomic E-state index is 12.8. The second kappa shape index (κ2) is 6.47. The van der Waals surface area contributed by atoms with E-state index >= 15 is 0 Å². The van der Waals surface area contributed by atoms with Crippen molar-refractivity contribution < 1.29 is 13.2 Å². The molecule has 0 saturated heterocycles. The molecule has 0 radical (unpaired) electrons. The van der Waals surface area contributed by atoms with Crippen LogP contribution in [0, 0.1) is 0 Å². The van der Waals surface area contributed by atoms with Crippen LogP contribution in [0.2, 0.25) is 5.02 Å².